The second-order valence-electron chi connectivity index (χ2n) is 4.07. The van der Waals surface area contributed by atoms with E-state index in [2.05, 4.69) is 6.07 Å². The van der Waals surface area contributed by atoms with Crippen LogP contribution in [0.25, 0.3) is 0 Å². The molecular formula is C15H11OW-. The number of carbonyl (C=O) groups excluding carboxylic acids is 1. The molecule has 1 aliphatic rings. The van der Waals surface area contributed by atoms with Crippen LogP contribution in [0.5, 0.6) is 0 Å². The zero-order valence-corrected chi connectivity index (χ0v) is 12.2. The van der Waals surface area contributed by atoms with E-state index in [0.29, 0.717) is 0 Å². The fourth-order valence-corrected chi connectivity index (χ4v) is 2.27. The molecule has 0 atom stereocenters. The van der Waals surface area contributed by atoms with Gasteiger partial charge in [0.25, 0.3) is 0 Å². The second kappa shape index (κ2) is 4.97. The average molecular weight is 391 g/mol. The number of hydrogen-bond acceptors (Lipinski definition) is 1. The standard InChI is InChI=1S/C15H11O.W/c16-15-13-7-3-1-5-11(13)9-10-12-6-2-4-8-14(12)15;/h1-3,5-8H,9-10H2;/q-1;. The van der Waals surface area contributed by atoms with Crippen LogP contribution in [0.3, 0.4) is 0 Å². The van der Waals surface area contributed by atoms with Gasteiger partial charge in [0.15, 0.2) is 0 Å². The van der Waals surface area contributed by atoms with Crippen LogP contribution in [0.1, 0.15) is 27.0 Å². The van der Waals surface area contributed by atoms with Crippen LogP contribution in [-0.2, 0) is 33.9 Å². The van der Waals surface area contributed by atoms with Gasteiger partial charge in [-0.1, -0.05) is 29.8 Å². The maximum absolute atomic E-state index is 12.3. The summed E-state index contributed by atoms with van der Waals surface area (Å²) in [6.45, 7) is 0. The molecule has 0 radical (unpaired) electrons. The third-order valence-corrected chi connectivity index (χ3v) is 3.12. The van der Waals surface area contributed by atoms with Gasteiger partial charge in [-0.15, -0.1) is 5.56 Å². The summed E-state index contributed by atoms with van der Waals surface area (Å²) in [7, 11) is 0. The van der Waals surface area contributed by atoms with Gasteiger partial charge in [0.1, 0.15) is 5.78 Å². The first-order valence-electron chi connectivity index (χ1n) is 5.48. The predicted octanol–water partition coefficient (Wildman–Crippen LogP) is 2.81. The summed E-state index contributed by atoms with van der Waals surface area (Å²) >= 11 is 0. The van der Waals surface area contributed by atoms with Crippen LogP contribution in [0.2, 0.25) is 0 Å². The third kappa shape index (κ3) is 2.12. The monoisotopic (exact) mass is 391 g/mol. The predicted molar refractivity (Wildman–Crippen MR) is 62.6 cm³/mol. The number of carbonyl (C=O) groups is 1. The molecule has 0 aromatic heterocycles. The number of hydrogen-bond donors (Lipinski definition) is 0. The van der Waals surface area contributed by atoms with Crippen molar-refractivity contribution in [3.63, 3.8) is 0 Å². The normalized spacial score (nSPS) is 13.1. The molecule has 1 aliphatic carbocycles. The number of rotatable bonds is 0. The molecule has 0 heterocycles. The molecule has 0 N–H and O–H groups in total. The molecule has 0 amide bonds. The van der Waals surface area contributed by atoms with E-state index >= 15 is 0 Å². The van der Waals surface area contributed by atoms with Crippen molar-refractivity contribution in [3.8, 4) is 0 Å². The molecule has 1 nitrogen and oxygen atoms in total. The van der Waals surface area contributed by atoms with Crippen LogP contribution in [0.4, 0.5) is 0 Å². The van der Waals surface area contributed by atoms with Gasteiger partial charge < -0.3 is 4.79 Å². The van der Waals surface area contributed by atoms with Crippen molar-refractivity contribution >= 4 is 5.78 Å². The molecule has 2 aromatic rings. The largest absolute Gasteiger partial charge is 0.303 e. The Labute approximate surface area is 115 Å². The minimum atomic E-state index is 0. The number of fused-ring (bicyclic) bond motifs is 2. The molecule has 3 rings (SSSR count). The molecule has 2 heteroatoms. The van der Waals surface area contributed by atoms with E-state index in [1.807, 2.05) is 36.4 Å². The molecule has 17 heavy (non-hydrogen) atoms. The molecule has 2 aromatic carbocycles. The molecule has 84 valence electrons. The van der Waals surface area contributed by atoms with Crippen molar-refractivity contribution in [2.24, 2.45) is 0 Å². The van der Waals surface area contributed by atoms with Crippen LogP contribution in [0.15, 0.2) is 42.5 Å². The first-order chi connectivity index (χ1) is 7.86. The molecule has 0 saturated carbocycles. The molecule has 0 bridgehead atoms. The Morgan fingerprint density at radius 2 is 1.65 bits per heavy atom. The van der Waals surface area contributed by atoms with Gasteiger partial charge in [-0.25, -0.2) is 0 Å². The van der Waals surface area contributed by atoms with Crippen molar-refractivity contribution in [2.75, 3.05) is 0 Å². The van der Waals surface area contributed by atoms with Crippen LogP contribution in [0, 0.1) is 6.07 Å². The minimum absolute atomic E-state index is 0. The van der Waals surface area contributed by atoms with Gasteiger partial charge in [0.2, 0.25) is 0 Å². The van der Waals surface area contributed by atoms with Crippen LogP contribution in [-0.4, -0.2) is 5.78 Å². The zero-order valence-electron chi connectivity index (χ0n) is 9.27. The molecule has 0 aliphatic heterocycles. The van der Waals surface area contributed by atoms with Crippen molar-refractivity contribution in [1.29, 1.82) is 0 Å². The van der Waals surface area contributed by atoms with Gasteiger partial charge in [0.05, 0.1) is 0 Å². The van der Waals surface area contributed by atoms with E-state index in [0.717, 1.165) is 35.1 Å². The summed E-state index contributed by atoms with van der Waals surface area (Å²) in [5.74, 6) is 0.139. The van der Waals surface area contributed by atoms with E-state index in [4.69, 9.17) is 0 Å². The van der Waals surface area contributed by atoms with E-state index in [1.165, 1.54) is 0 Å². The fraction of sp³-hybridized carbons (Fsp3) is 0.133. The number of aryl methyl sites for hydroxylation is 2. The minimum Gasteiger partial charge on any atom is -0.303 e. The van der Waals surface area contributed by atoms with Crippen molar-refractivity contribution < 1.29 is 25.9 Å². The SMILES string of the molecule is O=C1c2c[c-]ccc2CCc2ccccc21.[W]. The Morgan fingerprint density at radius 3 is 2.47 bits per heavy atom. The molecule has 0 saturated heterocycles. The second-order valence-corrected chi connectivity index (χ2v) is 4.07. The van der Waals surface area contributed by atoms with Gasteiger partial charge in [0, 0.05) is 26.6 Å². The van der Waals surface area contributed by atoms with E-state index in [-0.39, 0.29) is 26.8 Å². The zero-order chi connectivity index (χ0) is 11.0. The van der Waals surface area contributed by atoms with E-state index in [9.17, 15) is 4.79 Å². The van der Waals surface area contributed by atoms with Crippen molar-refractivity contribution in [1.82, 2.24) is 0 Å². The molecular weight excluding hydrogens is 380 g/mol. The van der Waals surface area contributed by atoms with Gasteiger partial charge >= 0.3 is 0 Å². The number of benzene rings is 2. The van der Waals surface area contributed by atoms with Crippen LogP contribution >= 0.6 is 0 Å². The fourth-order valence-electron chi connectivity index (χ4n) is 2.27. The summed E-state index contributed by atoms with van der Waals surface area (Å²) in [6, 6.07) is 16.6. The van der Waals surface area contributed by atoms with Crippen molar-refractivity contribution in [3.05, 3.63) is 70.8 Å². The first-order valence-corrected chi connectivity index (χ1v) is 5.48. The summed E-state index contributed by atoms with van der Waals surface area (Å²) in [6.07, 6.45) is 1.88. The van der Waals surface area contributed by atoms with Gasteiger partial charge in [-0.05, 0) is 18.4 Å². The average Bonchev–Trinajstić information content (AvgIpc) is 2.49. The Kier molecular flexibility index (Phi) is 3.59. The Morgan fingerprint density at radius 1 is 0.941 bits per heavy atom. The maximum atomic E-state index is 12.3. The quantitative estimate of drug-likeness (QED) is 0.632. The van der Waals surface area contributed by atoms with E-state index < -0.39 is 0 Å². The Bertz CT molecular complexity index is 511. The Balaban J connectivity index is 0.00000108. The van der Waals surface area contributed by atoms with Gasteiger partial charge in [-0.3, -0.25) is 0 Å². The number of ketones is 1. The Hall–Kier alpha value is -1.20. The smallest absolute Gasteiger partial charge is 0.139 e. The third-order valence-electron chi connectivity index (χ3n) is 3.12. The van der Waals surface area contributed by atoms with Crippen molar-refractivity contribution in [2.45, 2.75) is 12.8 Å². The topological polar surface area (TPSA) is 17.1 Å². The molecule has 0 unspecified atom stereocenters. The van der Waals surface area contributed by atoms with Crippen LogP contribution < -0.4 is 0 Å². The molecule has 0 fully saturated rings. The molecule has 0 spiro atoms. The summed E-state index contributed by atoms with van der Waals surface area (Å²) in [5, 5.41) is 0. The summed E-state index contributed by atoms with van der Waals surface area (Å²) in [4.78, 5) is 12.3. The first kappa shape index (κ1) is 12.3. The summed E-state index contributed by atoms with van der Waals surface area (Å²) in [5.41, 5.74) is 3.96. The van der Waals surface area contributed by atoms with Gasteiger partial charge in [-0.2, -0.15) is 24.3 Å². The maximum Gasteiger partial charge on any atom is 0.139 e. The van der Waals surface area contributed by atoms with E-state index in [1.54, 1.807) is 6.07 Å². The summed E-state index contributed by atoms with van der Waals surface area (Å²) < 4.78 is 0.